The number of anilines is 1. The Morgan fingerprint density at radius 3 is 2.65 bits per heavy atom. The third-order valence-corrected chi connectivity index (χ3v) is 3.01. The highest BCUT2D eigenvalue weighted by Gasteiger charge is 2.07. The number of nitrogens with one attached hydrogen (secondary N) is 2. The van der Waals surface area contributed by atoms with Crippen LogP contribution in [0.25, 0.3) is 6.08 Å². The summed E-state index contributed by atoms with van der Waals surface area (Å²) >= 11 is 0. The Kier molecular flexibility index (Phi) is 5.49. The lowest BCUT2D eigenvalue weighted by Gasteiger charge is -2.07. The van der Waals surface area contributed by atoms with E-state index in [0.29, 0.717) is 22.6 Å². The van der Waals surface area contributed by atoms with Gasteiger partial charge in [-0.25, -0.2) is 5.48 Å². The van der Waals surface area contributed by atoms with Gasteiger partial charge >= 0.3 is 0 Å². The van der Waals surface area contributed by atoms with Crippen LogP contribution in [0, 0.1) is 0 Å². The summed E-state index contributed by atoms with van der Waals surface area (Å²) in [6.45, 7) is 0. The Hall–Kier alpha value is -3.12. The standard InChI is InChI=1S/C17H16N2O4/c1-23-15-7-3-6-14(11-15)18-17(21)13-5-2-4-12(10-13)8-9-16(20)19-22/h2-11,22H,1H3,(H,18,21)(H,19,20). The molecule has 3 N–H and O–H groups in total. The largest absolute Gasteiger partial charge is 0.497 e. The van der Waals surface area contributed by atoms with Crippen molar-refractivity contribution >= 4 is 23.6 Å². The number of ether oxygens (including phenoxy) is 1. The molecule has 0 aliphatic carbocycles. The Bertz CT molecular complexity index is 741. The number of hydrogen-bond acceptors (Lipinski definition) is 4. The summed E-state index contributed by atoms with van der Waals surface area (Å²) in [6, 6.07) is 13.8. The van der Waals surface area contributed by atoms with Crippen LogP contribution in [0.5, 0.6) is 5.75 Å². The predicted molar refractivity (Wildman–Crippen MR) is 86.4 cm³/mol. The van der Waals surface area contributed by atoms with Gasteiger partial charge < -0.3 is 10.1 Å². The average Bonchev–Trinajstić information content (AvgIpc) is 2.60. The highest BCUT2D eigenvalue weighted by atomic mass is 16.5. The van der Waals surface area contributed by atoms with Crippen LogP contribution in [0.3, 0.4) is 0 Å². The minimum absolute atomic E-state index is 0.278. The van der Waals surface area contributed by atoms with E-state index in [9.17, 15) is 9.59 Å². The number of benzene rings is 2. The first-order chi connectivity index (χ1) is 11.1. The SMILES string of the molecule is COc1cccc(NC(=O)c2cccc(C=CC(=O)NO)c2)c1. The van der Waals surface area contributed by atoms with E-state index in [-0.39, 0.29) is 5.91 Å². The number of methoxy groups -OCH3 is 1. The van der Waals surface area contributed by atoms with Crippen LogP contribution < -0.4 is 15.5 Å². The fourth-order valence-electron chi connectivity index (χ4n) is 1.90. The van der Waals surface area contributed by atoms with Crippen molar-refractivity contribution < 1.29 is 19.5 Å². The molecule has 0 fully saturated rings. The first-order valence-corrected chi connectivity index (χ1v) is 6.80. The fourth-order valence-corrected chi connectivity index (χ4v) is 1.90. The molecule has 0 aromatic heterocycles. The van der Waals surface area contributed by atoms with Crippen molar-refractivity contribution in [3.63, 3.8) is 0 Å². The molecule has 0 spiro atoms. The lowest BCUT2D eigenvalue weighted by molar-refractivity contribution is -0.124. The molecule has 0 saturated heterocycles. The van der Waals surface area contributed by atoms with Crippen LogP contribution in [-0.4, -0.2) is 24.1 Å². The molecule has 2 amide bonds. The van der Waals surface area contributed by atoms with Gasteiger partial charge in [-0.1, -0.05) is 18.2 Å². The molecule has 118 valence electrons. The third kappa shape index (κ3) is 4.69. The molecule has 2 aromatic rings. The van der Waals surface area contributed by atoms with Gasteiger partial charge in [0.2, 0.25) is 0 Å². The molecule has 0 unspecified atom stereocenters. The van der Waals surface area contributed by atoms with E-state index in [2.05, 4.69) is 5.32 Å². The van der Waals surface area contributed by atoms with Gasteiger partial charge in [0.1, 0.15) is 5.75 Å². The third-order valence-electron chi connectivity index (χ3n) is 3.01. The van der Waals surface area contributed by atoms with Crippen LogP contribution >= 0.6 is 0 Å². The first-order valence-electron chi connectivity index (χ1n) is 6.80. The molecule has 2 rings (SSSR count). The Balaban J connectivity index is 2.13. The van der Waals surface area contributed by atoms with E-state index in [1.54, 1.807) is 55.6 Å². The van der Waals surface area contributed by atoms with Crippen LogP contribution in [0.2, 0.25) is 0 Å². The quantitative estimate of drug-likeness (QED) is 0.449. The summed E-state index contributed by atoms with van der Waals surface area (Å²) in [7, 11) is 1.55. The van der Waals surface area contributed by atoms with E-state index in [1.807, 2.05) is 0 Å². The molecule has 6 heteroatoms. The number of rotatable bonds is 5. The molecular weight excluding hydrogens is 296 g/mol. The van der Waals surface area contributed by atoms with Gasteiger partial charge in [0.15, 0.2) is 0 Å². The van der Waals surface area contributed by atoms with Gasteiger partial charge in [-0.3, -0.25) is 14.8 Å². The molecule has 23 heavy (non-hydrogen) atoms. The van der Waals surface area contributed by atoms with E-state index in [1.165, 1.54) is 17.6 Å². The highest BCUT2D eigenvalue weighted by Crippen LogP contribution is 2.18. The number of hydroxylamine groups is 1. The Labute approximate surface area is 133 Å². The van der Waals surface area contributed by atoms with E-state index >= 15 is 0 Å². The normalized spacial score (nSPS) is 10.3. The molecule has 6 nitrogen and oxygen atoms in total. The zero-order chi connectivity index (χ0) is 16.7. The van der Waals surface area contributed by atoms with Gasteiger partial charge in [-0.2, -0.15) is 0 Å². The van der Waals surface area contributed by atoms with Crippen molar-refractivity contribution in [2.75, 3.05) is 12.4 Å². The molecule has 0 radical (unpaired) electrons. The van der Waals surface area contributed by atoms with Gasteiger partial charge in [0.25, 0.3) is 11.8 Å². The first kappa shape index (κ1) is 16.3. The van der Waals surface area contributed by atoms with Crippen LogP contribution in [0.1, 0.15) is 15.9 Å². The zero-order valence-electron chi connectivity index (χ0n) is 12.4. The summed E-state index contributed by atoms with van der Waals surface area (Å²) in [5.74, 6) is -0.272. The lowest BCUT2D eigenvalue weighted by atomic mass is 10.1. The molecule has 0 atom stereocenters. The molecule has 0 saturated carbocycles. The number of hydrogen-bond donors (Lipinski definition) is 3. The van der Waals surface area contributed by atoms with Crippen LogP contribution in [0.15, 0.2) is 54.6 Å². The summed E-state index contributed by atoms with van der Waals surface area (Å²) in [4.78, 5) is 23.2. The van der Waals surface area contributed by atoms with Crippen molar-refractivity contribution in [1.29, 1.82) is 0 Å². The van der Waals surface area contributed by atoms with Crippen molar-refractivity contribution in [3.05, 3.63) is 65.7 Å². The predicted octanol–water partition coefficient (Wildman–Crippen LogP) is 2.47. The van der Waals surface area contributed by atoms with Crippen LogP contribution in [0.4, 0.5) is 5.69 Å². The van der Waals surface area contributed by atoms with Gasteiger partial charge in [-0.15, -0.1) is 0 Å². The monoisotopic (exact) mass is 312 g/mol. The molecule has 0 heterocycles. The van der Waals surface area contributed by atoms with E-state index in [0.717, 1.165) is 0 Å². The van der Waals surface area contributed by atoms with Crippen molar-refractivity contribution in [2.24, 2.45) is 0 Å². The van der Waals surface area contributed by atoms with Crippen molar-refractivity contribution in [2.45, 2.75) is 0 Å². The van der Waals surface area contributed by atoms with Crippen LogP contribution in [-0.2, 0) is 4.79 Å². The summed E-state index contributed by atoms with van der Waals surface area (Å²) < 4.78 is 5.11. The van der Waals surface area contributed by atoms with Crippen molar-refractivity contribution in [3.8, 4) is 5.75 Å². The molecular formula is C17H16N2O4. The maximum absolute atomic E-state index is 12.3. The molecule has 2 aromatic carbocycles. The average molecular weight is 312 g/mol. The molecule has 0 aliphatic rings. The topological polar surface area (TPSA) is 87.7 Å². The number of carbonyl (C=O) groups is 2. The fraction of sp³-hybridized carbons (Fsp3) is 0.0588. The molecule has 0 aliphatic heterocycles. The second-order valence-corrected chi connectivity index (χ2v) is 4.62. The summed E-state index contributed by atoms with van der Waals surface area (Å²) in [6.07, 6.45) is 2.66. The maximum atomic E-state index is 12.3. The minimum Gasteiger partial charge on any atom is -0.497 e. The smallest absolute Gasteiger partial charge is 0.267 e. The summed E-state index contributed by atoms with van der Waals surface area (Å²) in [5.41, 5.74) is 3.22. The second kappa shape index (κ2) is 7.77. The minimum atomic E-state index is -0.642. The van der Waals surface area contributed by atoms with E-state index in [4.69, 9.17) is 9.94 Å². The lowest BCUT2D eigenvalue weighted by Crippen LogP contribution is -2.14. The van der Waals surface area contributed by atoms with E-state index < -0.39 is 5.91 Å². The van der Waals surface area contributed by atoms with Gasteiger partial charge in [0.05, 0.1) is 7.11 Å². The highest BCUT2D eigenvalue weighted by molar-refractivity contribution is 6.04. The van der Waals surface area contributed by atoms with Gasteiger partial charge in [0, 0.05) is 23.4 Å². The number of amides is 2. The maximum Gasteiger partial charge on any atom is 0.267 e. The zero-order valence-corrected chi connectivity index (χ0v) is 12.4. The summed E-state index contributed by atoms with van der Waals surface area (Å²) in [5, 5.41) is 11.2. The molecule has 0 bridgehead atoms. The Morgan fingerprint density at radius 2 is 1.91 bits per heavy atom. The number of carbonyl (C=O) groups excluding carboxylic acids is 2. The Morgan fingerprint density at radius 1 is 1.13 bits per heavy atom. The van der Waals surface area contributed by atoms with Crippen molar-refractivity contribution in [1.82, 2.24) is 5.48 Å². The van der Waals surface area contributed by atoms with Gasteiger partial charge in [-0.05, 0) is 35.9 Å². The second-order valence-electron chi connectivity index (χ2n) is 4.62.